The molecule has 1 amide bonds. The molecule has 17 heavy (non-hydrogen) atoms. The molecule has 1 aromatic carbocycles. The van der Waals surface area contributed by atoms with E-state index in [4.69, 9.17) is 4.74 Å². The van der Waals surface area contributed by atoms with E-state index in [2.05, 4.69) is 21.2 Å². The first-order chi connectivity index (χ1) is 8.25. The number of benzene rings is 1. The van der Waals surface area contributed by atoms with Crippen molar-refractivity contribution in [1.29, 1.82) is 0 Å². The number of hydrogen-bond acceptors (Lipinski definition) is 3. The molecule has 1 heterocycles. The largest absolute Gasteiger partial charge is 0.378 e. The summed E-state index contributed by atoms with van der Waals surface area (Å²) in [5.41, 5.74) is 0.954. The molecule has 4 nitrogen and oxygen atoms in total. The highest BCUT2D eigenvalue weighted by Crippen LogP contribution is 2.13. The number of anilines is 1. The summed E-state index contributed by atoms with van der Waals surface area (Å²) < 4.78 is 6.24. The van der Waals surface area contributed by atoms with Crippen LogP contribution in [-0.2, 0) is 9.53 Å². The van der Waals surface area contributed by atoms with E-state index in [0.717, 1.165) is 10.2 Å². The zero-order valence-corrected chi connectivity index (χ0v) is 11.1. The quantitative estimate of drug-likeness (QED) is 0.924. The molecule has 1 aromatic rings. The van der Waals surface area contributed by atoms with Crippen LogP contribution < -0.4 is 5.32 Å². The Morgan fingerprint density at radius 1 is 1.29 bits per heavy atom. The number of hydrogen-bond donors (Lipinski definition) is 1. The summed E-state index contributed by atoms with van der Waals surface area (Å²) in [5, 5.41) is 3.12. The van der Waals surface area contributed by atoms with Gasteiger partial charge in [0.05, 0.1) is 19.8 Å². The molecule has 0 radical (unpaired) electrons. The molecule has 5 heteroatoms. The molecule has 1 fully saturated rings. The third-order valence-electron chi connectivity index (χ3n) is 2.65. The molecule has 0 saturated carbocycles. The fraction of sp³-hybridized carbons (Fsp3) is 0.417. The van der Waals surface area contributed by atoms with E-state index in [1.54, 1.807) is 0 Å². The minimum absolute atomic E-state index is 0.121. The summed E-state index contributed by atoms with van der Waals surface area (Å²) in [5.74, 6) is 0.121. The average molecular weight is 299 g/mol. The topological polar surface area (TPSA) is 41.6 Å². The van der Waals surface area contributed by atoms with Crippen LogP contribution in [0.2, 0.25) is 0 Å². The minimum atomic E-state index is 0.121. The molecule has 0 aliphatic carbocycles. The predicted molar refractivity (Wildman–Crippen MR) is 70.0 cm³/mol. The minimum Gasteiger partial charge on any atom is -0.378 e. The molecule has 1 N–H and O–H groups in total. The van der Waals surface area contributed by atoms with Crippen molar-refractivity contribution in [2.45, 2.75) is 0 Å². The van der Waals surface area contributed by atoms with E-state index in [1.165, 1.54) is 0 Å². The van der Waals surface area contributed by atoms with Gasteiger partial charge >= 0.3 is 0 Å². The van der Waals surface area contributed by atoms with Crippen molar-refractivity contribution in [3.05, 3.63) is 28.7 Å². The summed E-state index contributed by atoms with van der Waals surface area (Å²) in [6, 6.07) is 7.77. The number of rotatable bonds is 3. The smallest absolute Gasteiger partial charge is 0.242 e. The Kier molecular flexibility index (Phi) is 4.39. The molecule has 1 aliphatic heterocycles. The SMILES string of the molecule is O=C(CNc1ccc(Br)cc1)N1CCOCC1. The fourth-order valence-corrected chi connectivity index (χ4v) is 1.93. The summed E-state index contributed by atoms with van der Waals surface area (Å²) >= 11 is 3.37. The van der Waals surface area contributed by atoms with Gasteiger partial charge in [0.15, 0.2) is 0 Å². The maximum Gasteiger partial charge on any atom is 0.242 e. The molecule has 0 bridgehead atoms. The Labute approximate surface area is 109 Å². The number of halogens is 1. The first kappa shape index (κ1) is 12.4. The predicted octanol–water partition coefficient (Wildman–Crippen LogP) is 1.72. The highest BCUT2D eigenvalue weighted by Gasteiger charge is 2.15. The summed E-state index contributed by atoms with van der Waals surface area (Å²) in [7, 11) is 0. The van der Waals surface area contributed by atoms with Crippen molar-refractivity contribution in [3.63, 3.8) is 0 Å². The normalized spacial score (nSPS) is 15.7. The van der Waals surface area contributed by atoms with Gasteiger partial charge in [-0.1, -0.05) is 15.9 Å². The lowest BCUT2D eigenvalue weighted by molar-refractivity contribution is -0.133. The van der Waals surface area contributed by atoms with Crippen molar-refractivity contribution in [2.75, 3.05) is 38.2 Å². The standard InChI is InChI=1S/C12H15BrN2O2/c13-10-1-3-11(4-2-10)14-9-12(16)15-5-7-17-8-6-15/h1-4,14H,5-9H2. The summed E-state index contributed by atoms with van der Waals surface area (Å²) in [4.78, 5) is 13.7. The number of amides is 1. The van der Waals surface area contributed by atoms with E-state index >= 15 is 0 Å². The molecular formula is C12H15BrN2O2. The second kappa shape index (κ2) is 6.02. The number of nitrogens with one attached hydrogen (secondary N) is 1. The van der Waals surface area contributed by atoms with Gasteiger partial charge < -0.3 is 15.0 Å². The summed E-state index contributed by atoms with van der Waals surface area (Å²) in [6.07, 6.45) is 0. The molecule has 1 saturated heterocycles. The van der Waals surface area contributed by atoms with Crippen LogP contribution in [0.15, 0.2) is 28.7 Å². The second-order valence-corrected chi connectivity index (χ2v) is 4.77. The lowest BCUT2D eigenvalue weighted by Gasteiger charge is -2.27. The van der Waals surface area contributed by atoms with Gasteiger partial charge in [0.2, 0.25) is 5.91 Å². The van der Waals surface area contributed by atoms with Crippen LogP contribution >= 0.6 is 15.9 Å². The van der Waals surface area contributed by atoms with Gasteiger partial charge in [0.1, 0.15) is 0 Å². The van der Waals surface area contributed by atoms with Crippen LogP contribution in [0, 0.1) is 0 Å². The maximum atomic E-state index is 11.8. The first-order valence-corrected chi connectivity index (χ1v) is 6.40. The number of nitrogens with zero attached hydrogens (tertiary/aromatic N) is 1. The number of ether oxygens (including phenoxy) is 1. The van der Waals surface area contributed by atoms with Gasteiger partial charge in [-0.05, 0) is 24.3 Å². The Balaban J connectivity index is 1.81. The van der Waals surface area contributed by atoms with Crippen molar-refractivity contribution in [1.82, 2.24) is 4.90 Å². The van der Waals surface area contributed by atoms with E-state index in [0.29, 0.717) is 32.8 Å². The molecule has 0 atom stereocenters. The zero-order valence-electron chi connectivity index (χ0n) is 9.49. The highest BCUT2D eigenvalue weighted by molar-refractivity contribution is 9.10. The number of carbonyl (C=O) groups is 1. The van der Waals surface area contributed by atoms with Gasteiger partial charge in [-0.2, -0.15) is 0 Å². The highest BCUT2D eigenvalue weighted by atomic mass is 79.9. The summed E-state index contributed by atoms with van der Waals surface area (Å²) in [6.45, 7) is 3.01. The molecular weight excluding hydrogens is 284 g/mol. The van der Waals surface area contributed by atoms with E-state index in [1.807, 2.05) is 29.2 Å². The monoisotopic (exact) mass is 298 g/mol. The van der Waals surface area contributed by atoms with Crippen molar-refractivity contribution in [2.24, 2.45) is 0 Å². The third-order valence-corrected chi connectivity index (χ3v) is 3.18. The molecule has 92 valence electrons. The van der Waals surface area contributed by atoms with Gasteiger partial charge in [0.25, 0.3) is 0 Å². The maximum absolute atomic E-state index is 11.8. The lowest BCUT2D eigenvalue weighted by atomic mass is 10.3. The van der Waals surface area contributed by atoms with Gasteiger partial charge in [-0.3, -0.25) is 4.79 Å². The van der Waals surface area contributed by atoms with Crippen LogP contribution in [0.1, 0.15) is 0 Å². The Bertz CT molecular complexity index is 375. The van der Waals surface area contributed by atoms with E-state index < -0.39 is 0 Å². The Morgan fingerprint density at radius 3 is 2.59 bits per heavy atom. The first-order valence-electron chi connectivity index (χ1n) is 5.60. The molecule has 0 spiro atoms. The zero-order chi connectivity index (χ0) is 12.1. The third kappa shape index (κ3) is 3.71. The van der Waals surface area contributed by atoms with Gasteiger partial charge in [-0.25, -0.2) is 0 Å². The van der Waals surface area contributed by atoms with Crippen LogP contribution in [0.5, 0.6) is 0 Å². The molecule has 1 aliphatic rings. The van der Waals surface area contributed by atoms with Crippen molar-refractivity contribution in [3.8, 4) is 0 Å². The van der Waals surface area contributed by atoms with Gasteiger partial charge in [0, 0.05) is 23.2 Å². The van der Waals surface area contributed by atoms with Gasteiger partial charge in [-0.15, -0.1) is 0 Å². The number of morpholine rings is 1. The Morgan fingerprint density at radius 2 is 1.94 bits per heavy atom. The average Bonchev–Trinajstić information content (AvgIpc) is 2.39. The van der Waals surface area contributed by atoms with Crippen LogP contribution in [0.4, 0.5) is 5.69 Å². The van der Waals surface area contributed by atoms with Crippen LogP contribution in [0.25, 0.3) is 0 Å². The van der Waals surface area contributed by atoms with Crippen molar-refractivity contribution >= 4 is 27.5 Å². The lowest BCUT2D eigenvalue weighted by Crippen LogP contribution is -2.43. The molecule has 0 aromatic heterocycles. The van der Waals surface area contributed by atoms with E-state index in [9.17, 15) is 4.79 Å². The molecule has 0 unspecified atom stereocenters. The second-order valence-electron chi connectivity index (χ2n) is 3.85. The van der Waals surface area contributed by atoms with Crippen LogP contribution in [-0.4, -0.2) is 43.7 Å². The van der Waals surface area contributed by atoms with Crippen LogP contribution in [0.3, 0.4) is 0 Å². The van der Waals surface area contributed by atoms with Crippen molar-refractivity contribution < 1.29 is 9.53 Å². The Hall–Kier alpha value is -1.07. The van der Waals surface area contributed by atoms with E-state index in [-0.39, 0.29) is 5.91 Å². The molecule has 2 rings (SSSR count). The number of carbonyl (C=O) groups excluding carboxylic acids is 1. The fourth-order valence-electron chi connectivity index (χ4n) is 1.67.